The van der Waals surface area contributed by atoms with Crippen LogP contribution in [0.2, 0.25) is 0 Å². The van der Waals surface area contributed by atoms with Gasteiger partial charge in [-0.25, -0.2) is 0 Å². The third-order valence-electron chi connectivity index (χ3n) is 4.64. The predicted molar refractivity (Wildman–Crippen MR) is 84.6 cm³/mol. The molecule has 112 valence electrons. The first-order valence-corrected chi connectivity index (χ1v) is 8.10. The lowest BCUT2D eigenvalue weighted by Gasteiger charge is -2.24. The van der Waals surface area contributed by atoms with Crippen LogP contribution in [0.25, 0.3) is 0 Å². The van der Waals surface area contributed by atoms with Gasteiger partial charge >= 0.3 is 0 Å². The molecule has 20 heavy (non-hydrogen) atoms. The summed E-state index contributed by atoms with van der Waals surface area (Å²) in [5, 5.41) is 3.74. The molecule has 1 aliphatic carbocycles. The van der Waals surface area contributed by atoms with Crippen LogP contribution < -0.4 is 5.32 Å². The molecule has 0 unspecified atom stereocenters. The van der Waals surface area contributed by atoms with Crippen LogP contribution in [-0.4, -0.2) is 13.2 Å². The molecule has 0 heterocycles. The maximum absolute atomic E-state index is 5.28. The summed E-state index contributed by atoms with van der Waals surface area (Å²) in [6.45, 7) is 4.02. The van der Waals surface area contributed by atoms with Gasteiger partial charge < -0.3 is 10.1 Å². The summed E-state index contributed by atoms with van der Waals surface area (Å²) in [7, 11) is 1.76. The number of hydrogen-bond acceptors (Lipinski definition) is 2. The van der Waals surface area contributed by atoms with Gasteiger partial charge in [0, 0.05) is 19.7 Å². The zero-order valence-electron chi connectivity index (χ0n) is 13.0. The third-order valence-corrected chi connectivity index (χ3v) is 4.64. The Labute approximate surface area is 123 Å². The van der Waals surface area contributed by atoms with Crippen LogP contribution in [0.1, 0.15) is 56.6 Å². The number of ether oxygens (including phenoxy) is 1. The summed E-state index contributed by atoms with van der Waals surface area (Å²) >= 11 is 0. The molecule has 0 bridgehead atoms. The molecule has 1 saturated carbocycles. The molecule has 0 saturated heterocycles. The van der Waals surface area contributed by atoms with E-state index in [-0.39, 0.29) is 0 Å². The Hall–Kier alpha value is -0.860. The number of hydrogen-bond donors (Lipinski definition) is 1. The highest BCUT2D eigenvalue weighted by Crippen LogP contribution is 2.25. The van der Waals surface area contributed by atoms with E-state index in [0.717, 1.165) is 12.5 Å². The quantitative estimate of drug-likeness (QED) is 0.782. The van der Waals surface area contributed by atoms with Gasteiger partial charge in [0.25, 0.3) is 0 Å². The van der Waals surface area contributed by atoms with Gasteiger partial charge in [0.15, 0.2) is 0 Å². The van der Waals surface area contributed by atoms with Crippen LogP contribution in [0, 0.1) is 5.92 Å². The van der Waals surface area contributed by atoms with Crippen LogP contribution in [0.15, 0.2) is 24.3 Å². The molecule has 1 aromatic carbocycles. The first kappa shape index (κ1) is 15.5. The molecule has 1 aliphatic rings. The lowest BCUT2D eigenvalue weighted by atomic mass is 9.93. The Morgan fingerprint density at radius 3 is 2.40 bits per heavy atom. The highest BCUT2D eigenvalue weighted by Gasteiger charge is 2.18. The first-order valence-electron chi connectivity index (χ1n) is 8.10. The van der Waals surface area contributed by atoms with Gasteiger partial charge in [-0.05, 0) is 36.8 Å². The van der Waals surface area contributed by atoms with E-state index in [9.17, 15) is 0 Å². The molecule has 0 spiro atoms. The number of benzene rings is 1. The molecule has 1 N–H and O–H groups in total. The van der Waals surface area contributed by atoms with Crippen molar-refractivity contribution >= 4 is 0 Å². The van der Waals surface area contributed by atoms with E-state index in [1.807, 2.05) is 0 Å². The van der Waals surface area contributed by atoms with Crippen molar-refractivity contribution in [1.82, 2.24) is 5.32 Å². The van der Waals surface area contributed by atoms with Crippen LogP contribution in [0.5, 0.6) is 0 Å². The second-order valence-electron chi connectivity index (χ2n) is 6.12. The Bertz CT molecular complexity index is 383. The summed E-state index contributed by atoms with van der Waals surface area (Å²) < 4.78 is 5.28. The Kier molecular flexibility index (Phi) is 6.55. The van der Waals surface area contributed by atoms with Gasteiger partial charge in [-0.15, -0.1) is 0 Å². The van der Waals surface area contributed by atoms with Crippen LogP contribution in [0.4, 0.5) is 0 Å². The summed E-state index contributed by atoms with van der Waals surface area (Å²) in [4.78, 5) is 0. The highest BCUT2D eigenvalue weighted by molar-refractivity contribution is 5.26. The van der Waals surface area contributed by atoms with Crippen molar-refractivity contribution in [2.24, 2.45) is 5.92 Å². The Morgan fingerprint density at radius 1 is 1.10 bits per heavy atom. The Balaban J connectivity index is 1.87. The van der Waals surface area contributed by atoms with Gasteiger partial charge in [-0.3, -0.25) is 0 Å². The monoisotopic (exact) mass is 275 g/mol. The second-order valence-corrected chi connectivity index (χ2v) is 6.12. The highest BCUT2D eigenvalue weighted by atomic mass is 16.5. The molecule has 0 aromatic heterocycles. The first-order chi connectivity index (χ1) is 9.81. The van der Waals surface area contributed by atoms with Crippen molar-refractivity contribution in [1.29, 1.82) is 0 Å². The van der Waals surface area contributed by atoms with Crippen LogP contribution >= 0.6 is 0 Å². The fourth-order valence-corrected chi connectivity index (χ4v) is 3.27. The Morgan fingerprint density at radius 2 is 1.75 bits per heavy atom. The van der Waals surface area contributed by atoms with Gasteiger partial charge in [-0.2, -0.15) is 0 Å². The van der Waals surface area contributed by atoms with Crippen molar-refractivity contribution in [3.63, 3.8) is 0 Å². The maximum atomic E-state index is 5.28. The van der Waals surface area contributed by atoms with Gasteiger partial charge in [-0.1, -0.05) is 49.9 Å². The van der Waals surface area contributed by atoms with E-state index in [0.29, 0.717) is 12.6 Å². The van der Waals surface area contributed by atoms with Crippen molar-refractivity contribution in [3.05, 3.63) is 35.4 Å². The molecule has 1 atom stereocenters. The fraction of sp³-hybridized carbons (Fsp3) is 0.667. The number of methoxy groups -OCH3 is 1. The maximum Gasteiger partial charge on any atom is 0.0716 e. The summed E-state index contributed by atoms with van der Waals surface area (Å²) in [5.41, 5.74) is 2.67. The van der Waals surface area contributed by atoms with Gasteiger partial charge in [0.1, 0.15) is 0 Å². The van der Waals surface area contributed by atoms with Crippen molar-refractivity contribution in [2.45, 2.75) is 64.6 Å². The largest absolute Gasteiger partial charge is 0.380 e. The zero-order valence-corrected chi connectivity index (χ0v) is 13.0. The van der Waals surface area contributed by atoms with Crippen molar-refractivity contribution in [2.75, 3.05) is 7.11 Å². The van der Waals surface area contributed by atoms with Crippen molar-refractivity contribution in [3.8, 4) is 0 Å². The molecule has 0 amide bonds. The van der Waals surface area contributed by atoms with Crippen LogP contribution in [-0.2, 0) is 17.9 Å². The van der Waals surface area contributed by atoms with Gasteiger partial charge in [0.2, 0.25) is 0 Å². The lowest BCUT2D eigenvalue weighted by molar-refractivity contribution is 0.184. The topological polar surface area (TPSA) is 21.3 Å². The van der Waals surface area contributed by atoms with Crippen molar-refractivity contribution < 1.29 is 4.74 Å². The molecule has 1 fully saturated rings. The fourth-order valence-electron chi connectivity index (χ4n) is 3.27. The van der Waals surface area contributed by atoms with Crippen LogP contribution in [0.3, 0.4) is 0 Å². The molecular formula is C18H29NO. The minimum absolute atomic E-state index is 0.615. The average molecular weight is 275 g/mol. The molecule has 2 heteroatoms. The summed E-state index contributed by atoms with van der Waals surface area (Å²) in [5.74, 6) is 0.854. The number of rotatable bonds is 6. The molecule has 0 radical (unpaired) electrons. The van der Waals surface area contributed by atoms with E-state index in [2.05, 4.69) is 36.5 Å². The average Bonchev–Trinajstić information content (AvgIpc) is 2.75. The normalized spacial score (nSPS) is 18.7. The standard InChI is InChI=1S/C18H29NO/c1-15(16-9-5-3-4-6-10-16)19-13-17-11-7-8-12-18(17)14-20-2/h7-8,11-12,15-16,19H,3-6,9-10,13-14H2,1-2H3/t15-/m1/s1. The van der Waals surface area contributed by atoms with Gasteiger partial charge in [0.05, 0.1) is 6.61 Å². The minimum Gasteiger partial charge on any atom is -0.380 e. The molecule has 0 aliphatic heterocycles. The van der Waals surface area contributed by atoms with E-state index < -0.39 is 0 Å². The number of nitrogens with one attached hydrogen (secondary N) is 1. The van der Waals surface area contributed by atoms with E-state index in [4.69, 9.17) is 4.74 Å². The minimum atomic E-state index is 0.615. The van der Waals surface area contributed by atoms with E-state index in [1.54, 1.807) is 7.11 Å². The summed E-state index contributed by atoms with van der Waals surface area (Å²) in [6.07, 6.45) is 8.48. The van der Waals surface area contributed by atoms with E-state index in [1.165, 1.54) is 49.7 Å². The predicted octanol–water partition coefficient (Wildman–Crippen LogP) is 4.28. The summed E-state index contributed by atoms with van der Waals surface area (Å²) in [6, 6.07) is 9.19. The molecule has 2 nitrogen and oxygen atoms in total. The molecular weight excluding hydrogens is 246 g/mol. The third kappa shape index (κ3) is 4.60. The zero-order chi connectivity index (χ0) is 14.2. The smallest absolute Gasteiger partial charge is 0.0716 e. The lowest BCUT2D eigenvalue weighted by Crippen LogP contribution is -2.33. The molecule has 1 aromatic rings. The SMILES string of the molecule is COCc1ccccc1CN[C@H](C)C1CCCCCC1. The second kappa shape index (κ2) is 8.43. The molecule has 2 rings (SSSR count). The van der Waals surface area contributed by atoms with E-state index >= 15 is 0 Å².